The van der Waals surface area contributed by atoms with Crippen molar-refractivity contribution in [1.82, 2.24) is 0 Å². The molecule has 0 aliphatic rings. The summed E-state index contributed by atoms with van der Waals surface area (Å²) < 4.78 is 0. The molecule has 0 heterocycles. The number of hydrogen-bond donors (Lipinski definition) is 1. The molecule has 1 rings (SSSR count). The van der Waals surface area contributed by atoms with Gasteiger partial charge in [0.2, 0.25) is 0 Å². The smallest absolute Gasteiger partial charge is 0.122 e. The van der Waals surface area contributed by atoms with Crippen molar-refractivity contribution in [1.29, 1.82) is 0 Å². The van der Waals surface area contributed by atoms with E-state index in [4.69, 9.17) is 0 Å². The molecule has 1 N–H and O–H groups in total. The van der Waals surface area contributed by atoms with Gasteiger partial charge >= 0.3 is 0 Å². The highest BCUT2D eigenvalue weighted by molar-refractivity contribution is 5.46. The standard InChI is InChI=1S/C22H36O/c1-6-7-8-9-10-11-12-13-14-19-15-20(17(2)3)22(23)21(16-19)18(4)5/h8-9,15-18,23H,6-7,10-14H2,1-5H3. The number of phenols is 1. The summed E-state index contributed by atoms with van der Waals surface area (Å²) >= 11 is 0. The van der Waals surface area contributed by atoms with E-state index in [1.807, 2.05) is 0 Å². The van der Waals surface area contributed by atoms with E-state index < -0.39 is 0 Å². The van der Waals surface area contributed by atoms with E-state index in [0.717, 1.165) is 17.5 Å². The van der Waals surface area contributed by atoms with Gasteiger partial charge < -0.3 is 5.11 Å². The summed E-state index contributed by atoms with van der Waals surface area (Å²) in [5, 5.41) is 10.5. The number of aromatic hydroxyl groups is 1. The molecule has 0 aliphatic heterocycles. The summed E-state index contributed by atoms with van der Waals surface area (Å²) in [4.78, 5) is 0. The van der Waals surface area contributed by atoms with Crippen LogP contribution in [0.3, 0.4) is 0 Å². The molecule has 0 bridgehead atoms. The molecule has 1 nitrogen and oxygen atoms in total. The van der Waals surface area contributed by atoms with E-state index in [9.17, 15) is 5.11 Å². The number of aryl methyl sites for hydroxylation is 1. The van der Waals surface area contributed by atoms with Gasteiger partial charge in [0.25, 0.3) is 0 Å². The second-order valence-electron chi connectivity index (χ2n) is 7.29. The lowest BCUT2D eigenvalue weighted by Gasteiger charge is -2.17. The largest absolute Gasteiger partial charge is 0.507 e. The van der Waals surface area contributed by atoms with Crippen molar-refractivity contribution in [2.45, 2.75) is 91.4 Å². The van der Waals surface area contributed by atoms with Gasteiger partial charge in [0.15, 0.2) is 0 Å². The van der Waals surface area contributed by atoms with Gasteiger partial charge in [-0.1, -0.05) is 71.7 Å². The fraction of sp³-hybridized carbons (Fsp3) is 0.636. The van der Waals surface area contributed by atoms with Crippen molar-refractivity contribution < 1.29 is 5.11 Å². The van der Waals surface area contributed by atoms with Gasteiger partial charge in [0.1, 0.15) is 5.75 Å². The van der Waals surface area contributed by atoms with E-state index in [0.29, 0.717) is 17.6 Å². The Morgan fingerprint density at radius 3 is 1.96 bits per heavy atom. The minimum absolute atomic E-state index is 0.371. The van der Waals surface area contributed by atoms with Gasteiger partial charge in [-0.15, -0.1) is 0 Å². The predicted octanol–water partition coefficient (Wildman–Crippen LogP) is 7.10. The van der Waals surface area contributed by atoms with Crippen molar-refractivity contribution in [2.24, 2.45) is 0 Å². The normalized spacial score (nSPS) is 12.0. The molecule has 23 heavy (non-hydrogen) atoms. The highest BCUT2D eigenvalue weighted by Crippen LogP contribution is 2.35. The molecule has 0 atom stereocenters. The number of hydrogen-bond acceptors (Lipinski definition) is 1. The molecule has 1 aromatic carbocycles. The van der Waals surface area contributed by atoms with Gasteiger partial charge in [-0.25, -0.2) is 0 Å². The summed E-state index contributed by atoms with van der Waals surface area (Å²) in [5.74, 6) is 1.26. The van der Waals surface area contributed by atoms with Crippen molar-refractivity contribution >= 4 is 0 Å². The average molecular weight is 317 g/mol. The third-order valence-corrected chi connectivity index (χ3v) is 4.43. The fourth-order valence-electron chi connectivity index (χ4n) is 2.94. The molecule has 130 valence electrons. The van der Waals surface area contributed by atoms with Gasteiger partial charge in [0, 0.05) is 0 Å². The lowest BCUT2D eigenvalue weighted by Crippen LogP contribution is -1.99. The topological polar surface area (TPSA) is 20.2 Å². The van der Waals surface area contributed by atoms with Gasteiger partial charge in [-0.3, -0.25) is 0 Å². The third kappa shape index (κ3) is 6.81. The second-order valence-corrected chi connectivity index (χ2v) is 7.29. The molecule has 1 aromatic rings. The lowest BCUT2D eigenvalue weighted by atomic mass is 9.90. The summed E-state index contributed by atoms with van der Waals surface area (Å²) in [6.45, 7) is 10.9. The number of unbranched alkanes of at least 4 members (excludes halogenated alkanes) is 4. The fourth-order valence-corrected chi connectivity index (χ4v) is 2.94. The predicted molar refractivity (Wildman–Crippen MR) is 103 cm³/mol. The molecule has 0 radical (unpaired) electrons. The van der Waals surface area contributed by atoms with Crippen LogP contribution in [0.5, 0.6) is 5.75 Å². The maximum Gasteiger partial charge on any atom is 0.122 e. The summed E-state index contributed by atoms with van der Waals surface area (Å²) in [6, 6.07) is 4.43. The maximum atomic E-state index is 10.5. The zero-order valence-electron chi connectivity index (χ0n) is 15.9. The number of rotatable bonds is 10. The van der Waals surface area contributed by atoms with Crippen LogP contribution in [0.4, 0.5) is 0 Å². The molecule has 0 spiro atoms. The average Bonchev–Trinajstić information content (AvgIpc) is 2.50. The lowest BCUT2D eigenvalue weighted by molar-refractivity contribution is 0.454. The van der Waals surface area contributed by atoms with Crippen LogP contribution in [0.15, 0.2) is 24.3 Å². The van der Waals surface area contributed by atoms with Crippen LogP contribution in [0.2, 0.25) is 0 Å². The first-order valence-electron chi connectivity index (χ1n) is 9.48. The van der Waals surface area contributed by atoms with E-state index in [1.54, 1.807) is 0 Å². The van der Waals surface area contributed by atoms with Crippen LogP contribution in [0, 0.1) is 0 Å². The second kappa shape index (κ2) is 10.5. The summed E-state index contributed by atoms with van der Waals surface area (Å²) in [6.07, 6.45) is 13.2. The van der Waals surface area contributed by atoms with E-state index in [2.05, 4.69) is 58.9 Å². The van der Waals surface area contributed by atoms with Crippen molar-refractivity contribution in [3.8, 4) is 5.75 Å². The van der Waals surface area contributed by atoms with Gasteiger partial charge in [0.05, 0.1) is 0 Å². The zero-order chi connectivity index (χ0) is 17.2. The third-order valence-electron chi connectivity index (χ3n) is 4.43. The van der Waals surface area contributed by atoms with Crippen molar-refractivity contribution in [3.63, 3.8) is 0 Å². The highest BCUT2D eigenvalue weighted by Gasteiger charge is 2.14. The maximum absolute atomic E-state index is 10.5. The van der Waals surface area contributed by atoms with Crippen LogP contribution in [0.1, 0.15) is 102 Å². The molecular formula is C22H36O. The molecule has 0 fully saturated rings. The number of allylic oxidation sites excluding steroid dienone is 2. The Morgan fingerprint density at radius 1 is 0.870 bits per heavy atom. The van der Waals surface area contributed by atoms with Crippen LogP contribution in [-0.4, -0.2) is 5.11 Å². The Bertz CT molecular complexity index is 454. The molecule has 0 unspecified atom stereocenters. The molecule has 0 aromatic heterocycles. The van der Waals surface area contributed by atoms with Crippen LogP contribution in [-0.2, 0) is 6.42 Å². The van der Waals surface area contributed by atoms with E-state index in [-0.39, 0.29) is 0 Å². The Balaban J connectivity index is 2.56. The highest BCUT2D eigenvalue weighted by atomic mass is 16.3. The summed E-state index contributed by atoms with van der Waals surface area (Å²) in [7, 11) is 0. The Kier molecular flexibility index (Phi) is 9.06. The van der Waals surface area contributed by atoms with Crippen molar-refractivity contribution in [3.05, 3.63) is 41.0 Å². The monoisotopic (exact) mass is 316 g/mol. The Labute approximate surface area is 143 Å². The minimum atomic E-state index is 0.371. The molecular weight excluding hydrogens is 280 g/mol. The Hall–Kier alpha value is -1.24. The van der Waals surface area contributed by atoms with Crippen LogP contribution in [0.25, 0.3) is 0 Å². The van der Waals surface area contributed by atoms with Gasteiger partial charge in [-0.05, 0) is 60.6 Å². The number of benzene rings is 1. The molecule has 0 amide bonds. The first kappa shape index (κ1) is 19.8. The van der Waals surface area contributed by atoms with E-state index >= 15 is 0 Å². The zero-order valence-corrected chi connectivity index (χ0v) is 15.9. The summed E-state index contributed by atoms with van der Waals surface area (Å²) in [5.41, 5.74) is 3.60. The molecule has 1 heteroatoms. The van der Waals surface area contributed by atoms with Crippen LogP contribution < -0.4 is 0 Å². The first-order chi connectivity index (χ1) is 11.0. The SMILES string of the molecule is CCCC=CCCCCCc1cc(C(C)C)c(O)c(C(C)C)c1. The molecule has 0 saturated heterocycles. The Morgan fingerprint density at radius 2 is 1.43 bits per heavy atom. The first-order valence-corrected chi connectivity index (χ1v) is 9.48. The van der Waals surface area contributed by atoms with Crippen molar-refractivity contribution in [2.75, 3.05) is 0 Å². The van der Waals surface area contributed by atoms with E-state index in [1.165, 1.54) is 44.1 Å². The van der Waals surface area contributed by atoms with Gasteiger partial charge in [-0.2, -0.15) is 0 Å². The quantitative estimate of drug-likeness (QED) is 0.360. The van der Waals surface area contributed by atoms with Crippen LogP contribution >= 0.6 is 0 Å². The minimum Gasteiger partial charge on any atom is -0.507 e. The molecule has 0 aliphatic carbocycles. The molecule has 0 saturated carbocycles. The number of phenolic OH excluding ortho intramolecular Hbond substituents is 1.